The van der Waals surface area contributed by atoms with E-state index in [0.717, 1.165) is 11.3 Å². The summed E-state index contributed by atoms with van der Waals surface area (Å²) in [5.41, 5.74) is 7.54. The van der Waals surface area contributed by atoms with Crippen LogP contribution >= 0.6 is 0 Å². The topological polar surface area (TPSA) is 35.2 Å². The van der Waals surface area contributed by atoms with Gasteiger partial charge in [0.15, 0.2) is 11.6 Å². The van der Waals surface area contributed by atoms with Crippen molar-refractivity contribution in [3.63, 3.8) is 0 Å². The number of fused-ring (bicyclic) bond motifs is 1. The molecule has 3 rings (SSSR count). The summed E-state index contributed by atoms with van der Waals surface area (Å²) in [7, 11) is 0. The molecule has 0 aliphatic carbocycles. The fourth-order valence-corrected chi connectivity index (χ4v) is 2.53. The molecule has 104 valence electrons. The Hall–Kier alpha value is -1.94. The third-order valence-corrected chi connectivity index (χ3v) is 3.74. The van der Waals surface area contributed by atoms with Gasteiger partial charge in [-0.1, -0.05) is 30.3 Å². The minimum atomic E-state index is -0.878. The number of hydrogen-bond donors (Lipinski definition) is 1. The lowest BCUT2D eigenvalue weighted by Gasteiger charge is -2.20. The van der Waals surface area contributed by atoms with E-state index >= 15 is 0 Å². The lowest BCUT2D eigenvalue weighted by Crippen LogP contribution is -2.31. The van der Waals surface area contributed by atoms with Crippen LogP contribution in [0.5, 0.6) is 5.75 Å². The SMILES string of the molecule is Cc1ccc(C(N)C2Cc3ccccc3O2)c(F)c1F. The summed E-state index contributed by atoms with van der Waals surface area (Å²) in [6.45, 7) is 1.52. The van der Waals surface area contributed by atoms with E-state index in [0.29, 0.717) is 6.42 Å². The molecule has 1 aliphatic heterocycles. The van der Waals surface area contributed by atoms with Crippen molar-refractivity contribution in [2.75, 3.05) is 0 Å². The zero-order valence-corrected chi connectivity index (χ0v) is 11.1. The summed E-state index contributed by atoms with van der Waals surface area (Å²) in [6.07, 6.45) is 0.232. The molecule has 2 nitrogen and oxygen atoms in total. The first kappa shape index (κ1) is 13.1. The maximum Gasteiger partial charge on any atom is 0.164 e. The Labute approximate surface area is 116 Å². The quantitative estimate of drug-likeness (QED) is 0.913. The van der Waals surface area contributed by atoms with Gasteiger partial charge in [0.05, 0.1) is 6.04 Å². The Bertz CT molecular complexity index is 632. The van der Waals surface area contributed by atoms with Crippen molar-refractivity contribution in [2.24, 2.45) is 5.73 Å². The zero-order chi connectivity index (χ0) is 14.3. The lowest BCUT2D eigenvalue weighted by atomic mass is 9.97. The smallest absolute Gasteiger partial charge is 0.164 e. The molecular formula is C16H15F2NO. The molecule has 4 heteroatoms. The summed E-state index contributed by atoms with van der Waals surface area (Å²) in [5.74, 6) is -0.952. The first-order valence-electron chi connectivity index (χ1n) is 6.52. The van der Waals surface area contributed by atoms with Crippen LogP contribution in [0.3, 0.4) is 0 Å². The molecule has 0 bridgehead atoms. The second kappa shape index (κ2) is 4.87. The number of ether oxygens (including phenoxy) is 1. The highest BCUT2D eigenvalue weighted by atomic mass is 19.2. The fourth-order valence-electron chi connectivity index (χ4n) is 2.53. The molecule has 0 aromatic heterocycles. The summed E-state index contributed by atoms with van der Waals surface area (Å²) in [6, 6.07) is 9.97. The molecule has 2 atom stereocenters. The van der Waals surface area contributed by atoms with Crippen LogP contribution in [0.15, 0.2) is 36.4 Å². The Morgan fingerprint density at radius 2 is 1.90 bits per heavy atom. The van der Waals surface area contributed by atoms with Crippen molar-refractivity contribution in [2.45, 2.75) is 25.5 Å². The van der Waals surface area contributed by atoms with Crippen LogP contribution in [0.25, 0.3) is 0 Å². The summed E-state index contributed by atoms with van der Waals surface area (Å²) in [4.78, 5) is 0. The normalized spacial score (nSPS) is 18.5. The van der Waals surface area contributed by atoms with E-state index in [1.807, 2.05) is 24.3 Å². The molecule has 0 spiro atoms. The highest BCUT2D eigenvalue weighted by Gasteiger charge is 2.31. The molecule has 1 aliphatic rings. The number of benzene rings is 2. The van der Waals surface area contributed by atoms with Gasteiger partial charge in [0.1, 0.15) is 11.9 Å². The van der Waals surface area contributed by atoms with Crippen LogP contribution in [-0.4, -0.2) is 6.10 Å². The van der Waals surface area contributed by atoms with Crippen LogP contribution in [0.4, 0.5) is 8.78 Å². The van der Waals surface area contributed by atoms with Crippen LogP contribution in [-0.2, 0) is 6.42 Å². The third-order valence-electron chi connectivity index (χ3n) is 3.74. The maximum absolute atomic E-state index is 14.0. The van der Waals surface area contributed by atoms with Gasteiger partial charge in [0.2, 0.25) is 0 Å². The molecule has 0 saturated carbocycles. The molecule has 0 amide bonds. The van der Waals surface area contributed by atoms with Crippen molar-refractivity contribution >= 4 is 0 Å². The molecule has 1 heterocycles. The predicted octanol–water partition coefficient (Wildman–Crippen LogP) is 3.28. The monoisotopic (exact) mass is 275 g/mol. The number of nitrogens with two attached hydrogens (primary N) is 1. The van der Waals surface area contributed by atoms with Crippen LogP contribution in [0, 0.1) is 18.6 Å². The number of aryl methyl sites for hydroxylation is 1. The van der Waals surface area contributed by atoms with E-state index in [1.54, 1.807) is 0 Å². The van der Waals surface area contributed by atoms with E-state index in [4.69, 9.17) is 10.5 Å². The van der Waals surface area contributed by atoms with Gasteiger partial charge < -0.3 is 10.5 Å². The van der Waals surface area contributed by atoms with E-state index in [-0.39, 0.29) is 17.2 Å². The van der Waals surface area contributed by atoms with Crippen molar-refractivity contribution in [1.29, 1.82) is 0 Å². The number of halogens is 2. The molecule has 0 saturated heterocycles. The molecule has 2 N–H and O–H groups in total. The van der Waals surface area contributed by atoms with Crippen LogP contribution in [0.1, 0.15) is 22.7 Å². The minimum absolute atomic E-state index is 0.158. The summed E-state index contributed by atoms with van der Waals surface area (Å²) < 4.78 is 33.3. The molecule has 0 fully saturated rings. The lowest BCUT2D eigenvalue weighted by molar-refractivity contribution is 0.197. The summed E-state index contributed by atoms with van der Waals surface area (Å²) >= 11 is 0. The van der Waals surface area contributed by atoms with Crippen molar-refractivity contribution in [3.05, 3.63) is 64.7 Å². The van der Waals surface area contributed by atoms with E-state index in [2.05, 4.69) is 0 Å². The Morgan fingerprint density at radius 1 is 1.15 bits per heavy atom. The largest absolute Gasteiger partial charge is 0.488 e. The molecule has 2 aromatic rings. The Morgan fingerprint density at radius 3 is 2.65 bits per heavy atom. The van der Waals surface area contributed by atoms with E-state index in [9.17, 15) is 8.78 Å². The highest BCUT2D eigenvalue weighted by Crippen LogP contribution is 2.34. The van der Waals surface area contributed by atoms with Crippen molar-refractivity contribution in [3.8, 4) is 5.75 Å². The van der Waals surface area contributed by atoms with Gasteiger partial charge >= 0.3 is 0 Å². The average molecular weight is 275 g/mol. The van der Waals surface area contributed by atoms with Gasteiger partial charge in [0.25, 0.3) is 0 Å². The predicted molar refractivity (Wildman–Crippen MR) is 72.6 cm³/mol. The first-order chi connectivity index (χ1) is 9.58. The van der Waals surface area contributed by atoms with Gasteiger partial charge in [-0.25, -0.2) is 8.78 Å². The second-order valence-electron chi connectivity index (χ2n) is 5.09. The van der Waals surface area contributed by atoms with Gasteiger partial charge in [-0.3, -0.25) is 0 Å². The maximum atomic E-state index is 14.0. The molecule has 20 heavy (non-hydrogen) atoms. The van der Waals surface area contributed by atoms with Gasteiger partial charge in [-0.15, -0.1) is 0 Å². The van der Waals surface area contributed by atoms with Crippen LogP contribution in [0.2, 0.25) is 0 Å². The fraction of sp³-hybridized carbons (Fsp3) is 0.250. The Balaban J connectivity index is 1.88. The van der Waals surface area contributed by atoms with Gasteiger partial charge in [0, 0.05) is 12.0 Å². The summed E-state index contributed by atoms with van der Waals surface area (Å²) in [5, 5.41) is 0. The van der Waals surface area contributed by atoms with Gasteiger partial charge in [-0.05, 0) is 24.1 Å². The van der Waals surface area contributed by atoms with E-state index in [1.165, 1.54) is 19.1 Å². The van der Waals surface area contributed by atoms with E-state index < -0.39 is 17.7 Å². The molecule has 2 unspecified atom stereocenters. The molecular weight excluding hydrogens is 260 g/mol. The zero-order valence-electron chi connectivity index (χ0n) is 11.1. The second-order valence-corrected chi connectivity index (χ2v) is 5.09. The standard InChI is InChI=1S/C16H15F2NO/c1-9-6-7-11(15(18)14(9)17)16(19)13-8-10-4-2-3-5-12(10)20-13/h2-7,13,16H,8,19H2,1H3. The number of para-hydroxylation sites is 1. The van der Waals surface area contributed by atoms with Crippen LogP contribution < -0.4 is 10.5 Å². The van der Waals surface area contributed by atoms with Gasteiger partial charge in [-0.2, -0.15) is 0 Å². The average Bonchev–Trinajstić information content (AvgIpc) is 2.88. The first-order valence-corrected chi connectivity index (χ1v) is 6.52. The number of rotatable bonds is 2. The molecule has 0 radical (unpaired) electrons. The minimum Gasteiger partial charge on any atom is -0.488 e. The van der Waals surface area contributed by atoms with Crippen molar-refractivity contribution in [1.82, 2.24) is 0 Å². The van der Waals surface area contributed by atoms with Crippen molar-refractivity contribution < 1.29 is 13.5 Å². The molecule has 2 aromatic carbocycles. The highest BCUT2D eigenvalue weighted by molar-refractivity contribution is 5.39. The number of hydrogen-bond acceptors (Lipinski definition) is 2. The third kappa shape index (κ3) is 2.06. The Kier molecular flexibility index (Phi) is 3.18.